The average molecular weight is 216 g/mol. The standard InChI is InChI=1S/C7H7NO5S/c9-8(10)7-4-2-1-3-6(7)5-13-14(11)12/h1-4H,5H2,(H,11,12)/p-1. The SMILES string of the molecule is O=[N+]([O-])c1ccccc1COS(=O)[O-]. The Morgan fingerprint density at radius 2 is 2.07 bits per heavy atom. The van der Waals surface area contributed by atoms with Crippen LogP contribution in [0.3, 0.4) is 0 Å². The Morgan fingerprint density at radius 1 is 1.43 bits per heavy atom. The third-order valence-corrected chi connectivity index (χ3v) is 1.81. The summed E-state index contributed by atoms with van der Waals surface area (Å²) in [6.45, 7) is -0.326. The Hall–Kier alpha value is -1.31. The predicted molar refractivity (Wildman–Crippen MR) is 46.8 cm³/mol. The molecule has 7 heteroatoms. The van der Waals surface area contributed by atoms with Gasteiger partial charge in [0.15, 0.2) is 0 Å². The summed E-state index contributed by atoms with van der Waals surface area (Å²) < 4.78 is 24.4. The van der Waals surface area contributed by atoms with Crippen molar-refractivity contribution in [3.63, 3.8) is 0 Å². The first-order chi connectivity index (χ1) is 6.61. The van der Waals surface area contributed by atoms with Gasteiger partial charge in [0.25, 0.3) is 5.69 Å². The monoisotopic (exact) mass is 216 g/mol. The normalized spacial score (nSPS) is 12.4. The van der Waals surface area contributed by atoms with Crippen LogP contribution in [0.1, 0.15) is 5.56 Å². The van der Waals surface area contributed by atoms with E-state index in [2.05, 4.69) is 4.18 Å². The molecule has 0 aliphatic carbocycles. The fraction of sp³-hybridized carbons (Fsp3) is 0.143. The first kappa shape index (κ1) is 10.8. The number of hydrogen-bond donors (Lipinski definition) is 0. The van der Waals surface area contributed by atoms with Crippen LogP contribution in [0.4, 0.5) is 5.69 Å². The van der Waals surface area contributed by atoms with E-state index >= 15 is 0 Å². The van der Waals surface area contributed by atoms with Crippen molar-refractivity contribution in [3.05, 3.63) is 39.9 Å². The third kappa shape index (κ3) is 2.87. The highest BCUT2D eigenvalue weighted by Crippen LogP contribution is 2.18. The van der Waals surface area contributed by atoms with Gasteiger partial charge in [-0.3, -0.25) is 14.3 Å². The fourth-order valence-corrected chi connectivity index (χ4v) is 1.15. The van der Waals surface area contributed by atoms with Gasteiger partial charge in [-0.2, -0.15) is 0 Å². The summed E-state index contributed by atoms with van der Waals surface area (Å²) in [5.41, 5.74) is 0.0691. The van der Waals surface area contributed by atoms with Crippen LogP contribution >= 0.6 is 0 Å². The molecule has 1 atom stereocenters. The maximum absolute atomic E-state index is 10.5. The van der Waals surface area contributed by atoms with Crippen molar-refractivity contribution in [3.8, 4) is 0 Å². The molecule has 0 spiro atoms. The summed E-state index contributed by atoms with van der Waals surface area (Å²) in [6, 6.07) is 5.78. The predicted octanol–water partition coefficient (Wildman–Crippen LogP) is 0.906. The molecule has 76 valence electrons. The van der Waals surface area contributed by atoms with Crippen LogP contribution in [0.25, 0.3) is 0 Å². The summed E-state index contributed by atoms with van der Waals surface area (Å²) in [5, 5.41) is 10.5. The Balaban J connectivity index is 2.84. The van der Waals surface area contributed by atoms with E-state index in [-0.39, 0.29) is 17.9 Å². The molecule has 0 aliphatic heterocycles. The zero-order valence-electron chi connectivity index (χ0n) is 6.91. The van der Waals surface area contributed by atoms with Crippen molar-refractivity contribution in [1.82, 2.24) is 0 Å². The van der Waals surface area contributed by atoms with E-state index in [1.807, 2.05) is 0 Å². The number of benzene rings is 1. The number of nitro groups is 1. The molecule has 0 N–H and O–H groups in total. The Kier molecular flexibility index (Phi) is 3.69. The average Bonchev–Trinajstić information content (AvgIpc) is 2.15. The van der Waals surface area contributed by atoms with Crippen LogP contribution in [-0.2, 0) is 22.2 Å². The van der Waals surface area contributed by atoms with Crippen LogP contribution in [0.2, 0.25) is 0 Å². The minimum Gasteiger partial charge on any atom is -0.750 e. The van der Waals surface area contributed by atoms with Gasteiger partial charge < -0.3 is 4.55 Å². The molecule has 1 aromatic rings. The summed E-state index contributed by atoms with van der Waals surface area (Å²) in [6.07, 6.45) is 0. The Morgan fingerprint density at radius 3 is 2.64 bits per heavy atom. The van der Waals surface area contributed by atoms with E-state index in [4.69, 9.17) is 0 Å². The lowest BCUT2D eigenvalue weighted by atomic mass is 10.2. The van der Waals surface area contributed by atoms with Gasteiger partial charge in [0.05, 0.1) is 28.5 Å². The quantitative estimate of drug-likeness (QED) is 0.423. The van der Waals surface area contributed by atoms with E-state index in [1.165, 1.54) is 18.2 Å². The summed E-state index contributed by atoms with van der Waals surface area (Å²) in [7, 11) is 0. The first-order valence-corrected chi connectivity index (χ1v) is 4.56. The number of hydrogen-bond acceptors (Lipinski definition) is 5. The molecule has 0 aliphatic rings. The molecule has 1 aromatic carbocycles. The minimum absolute atomic E-state index is 0.155. The van der Waals surface area contributed by atoms with E-state index < -0.39 is 16.3 Å². The number of para-hydroxylation sites is 1. The van der Waals surface area contributed by atoms with Crippen LogP contribution in [-0.4, -0.2) is 13.7 Å². The van der Waals surface area contributed by atoms with Gasteiger partial charge in [0, 0.05) is 6.07 Å². The van der Waals surface area contributed by atoms with Crippen molar-refractivity contribution >= 4 is 17.0 Å². The molecule has 1 unspecified atom stereocenters. The highest BCUT2D eigenvalue weighted by atomic mass is 32.2. The van der Waals surface area contributed by atoms with Crippen molar-refractivity contribution in [1.29, 1.82) is 0 Å². The second kappa shape index (κ2) is 4.80. The molecule has 0 saturated heterocycles. The Bertz CT molecular complexity index is 367. The molecule has 0 fully saturated rings. The molecule has 1 rings (SSSR count). The maximum Gasteiger partial charge on any atom is 0.274 e. The lowest BCUT2D eigenvalue weighted by Crippen LogP contribution is -2.00. The van der Waals surface area contributed by atoms with Crippen LogP contribution < -0.4 is 0 Å². The van der Waals surface area contributed by atoms with Crippen molar-refractivity contribution in [2.24, 2.45) is 0 Å². The van der Waals surface area contributed by atoms with E-state index in [9.17, 15) is 18.9 Å². The highest BCUT2D eigenvalue weighted by Gasteiger charge is 2.11. The maximum atomic E-state index is 10.5. The molecule has 0 saturated carbocycles. The van der Waals surface area contributed by atoms with Crippen molar-refractivity contribution < 1.29 is 17.9 Å². The molecular formula is C7H6NO5S-. The van der Waals surface area contributed by atoms with Gasteiger partial charge in [0.1, 0.15) is 0 Å². The molecule has 14 heavy (non-hydrogen) atoms. The van der Waals surface area contributed by atoms with Gasteiger partial charge in [-0.25, -0.2) is 4.21 Å². The summed E-state index contributed by atoms with van der Waals surface area (Å²) in [5.74, 6) is 0. The van der Waals surface area contributed by atoms with E-state index in [1.54, 1.807) is 6.07 Å². The van der Waals surface area contributed by atoms with Crippen molar-refractivity contribution in [2.75, 3.05) is 0 Å². The smallest absolute Gasteiger partial charge is 0.274 e. The van der Waals surface area contributed by atoms with Gasteiger partial charge in [0.2, 0.25) is 0 Å². The highest BCUT2D eigenvalue weighted by molar-refractivity contribution is 7.74. The van der Waals surface area contributed by atoms with Crippen molar-refractivity contribution in [2.45, 2.75) is 6.61 Å². The molecule has 0 heterocycles. The number of rotatable bonds is 4. The molecular weight excluding hydrogens is 210 g/mol. The second-order valence-corrected chi connectivity index (χ2v) is 3.00. The Labute approximate surface area is 82.1 Å². The zero-order valence-corrected chi connectivity index (χ0v) is 7.73. The van der Waals surface area contributed by atoms with Gasteiger partial charge in [-0.15, -0.1) is 0 Å². The van der Waals surface area contributed by atoms with Gasteiger partial charge >= 0.3 is 0 Å². The molecule has 0 aromatic heterocycles. The minimum atomic E-state index is -2.66. The van der Waals surface area contributed by atoms with E-state index in [0.29, 0.717) is 0 Å². The fourth-order valence-electron chi connectivity index (χ4n) is 0.923. The second-order valence-electron chi connectivity index (χ2n) is 2.35. The van der Waals surface area contributed by atoms with Crippen LogP contribution in [0, 0.1) is 10.1 Å². The van der Waals surface area contributed by atoms with Crippen LogP contribution in [0.15, 0.2) is 24.3 Å². The van der Waals surface area contributed by atoms with Gasteiger partial charge in [-0.05, 0) is 6.07 Å². The topological polar surface area (TPSA) is 92.5 Å². The van der Waals surface area contributed by atoms with Crippen LogP contribution in [0.5, 0.6) is 0 Å². The lowest BCUT2D eigenvalue weighted by molar-refractivity contribution is -0.385. The van der Waals surface area contributed by atoms with E-state index in [0.717, 1.165) is 0 Å². The lowest BCUT2D eigenvalue weighted by Gasteiger charge is -2.05. The summed E-state index contributed by atoms with van der Waals surface area (Å²) in [4.78, 5) is 9.87. The molecule has 0 amide bonds. The molecule has 6 nitrogen and oxygen atoms in total. The summed E-state index contributed by atoms with van der Waals surface area (Å²) >= 11 is -2.66. The first-order valence-electron chi connectivity index (χ1n) is 3.56. The largest absolute Gasteiger partial charge is 0.750 e. The number of nitro benzene ring substituents is 1. The third-order valence-electron chi connectivity index (χ3n) is 1.50. The molecule has 0 bridgehead atoms. The molecule has 0 radical (unpaired) electrons. The van der Waals surface area contributed by atoms with Gasteiger partial charge in [-0.1, -0.05) is 12.1 Å². The number of nitrogens with zero attached hydrogens (tertiary/aromatic N) is 1. The zero-order chi connectivity index (χ0) is 10.6.